The van der Waals surface area contributed by atoms with Crippen molar-refractivity contribution in [1.82, 2.24) is 0 Å². The normalized spacial score (nSPS) is 11.1. The SMILES string of the molecule is COC(=O)c1cccc(Oc2ccccc2N=C(N)CCl)c1. The van der Waals surface area contributed by atoms with Gasteiger partial charge in [0.25, 0.3) is 0 Å². The first kappa shape index (κ1) is 15.9. The second-order valence-corrected chi connectivity index (χ2v) is 4.59. The number of methoxy groups -OCH3 is 1. The number of hydrogen-bond acceptors (Lipinski definition) is 4. The smallest absolute Gasteiger partial charge is 0.337 e. The molecular weight excluding hydrogens is 304 g/mol. The quantitative estimate of drug-likeness (QED) is 0.396. The number of nitrogens with zero attached hydrogens (tertiary/aromatic N) is 1. The van der Waals surface area contributed by atoms with Crippen LogP contribution >= 0.6 is 11.6 Å². The zero-order valence-electron chi connectivity index (χ0n) is 12.0. The fraction of sp³-hybridized carbons (Fsp3) is 0.125. The summed E-state index contributed by atoms with van der Waals surface area (Å²) >= 11 is 5.64. The van der Waals surface area contributed by atoms with E-state index in [-0.39, 0.29) is 5.88 Å². The van der Waals surface area contributed by atoms with E-state index in [2.05, 4.69) is 9.73 Å². The largest absolute Gasteiger partial charge is 0.465 e. The number of aliphatic imine (C=N–C) groups is 1. The minimum absolute atomic E-state index is 0.131. The molecule has 114 valence electrons. The average molecular weight is 319 g/mol. The van der Waals surface area contributed by atoms with Gasteiger partial charge in [-0.05, 0) is 30.3 Å². The van der Waals surface area contributed by atoms with Crippen LogP contribution in [0.4, 0.5) is 5.69 Å². The summed E-state index contributed by atoms with van der Waals surface area (Å²) < 4.78 is 10.5. The summed E-state index contributed by atoms with van der Waals surface area (Å²) in [5.41, 5.74) is 6.61. The highest BCUT2D eigenvalue weighted by Gasteiger charge is 2.08. The molecule has 0 atom stereocenters. The Hall–Kier alpha value is -2.53. The van der Waals surface area contributed by atoms with Crippen LogP contribution in [0, 0.1) is 0 Å². The lowest BCUT2D eigenvalue weighted by molar-refractivity contribution is 0.0600. The van der Waals surface area contributed by atoms with Crippen LogP contribution in [0.25, 0.3) is 0 Å². The Balaban J connectivity index is 2.30. The van der Waals surface area contributed by atoms with E-state index in [1.54, 1.807) is 36.4 Å². The standard InChI is InChI=1S/C16H15ClN2O3/c1-21-16(20)11-5-4-6-12(9-11)22-14-8-3-2-7-13(14)19-15(18)10-17/h2-9H,10H2,1H3,(H2,18,19). The third-order valence-corrected chi connectivity index (χ3v) is 3.02. The number of ether oxygens (including phenoxy) is 2. The van der Waals surface area contributed by atoms with Gasteiger partial charge in [-0.2, -0.15) is 0 Å². The molecule has 0 unspecified atom stereocenters. The predicted molar refractivity (Wildman–Crippen MR) is 86.3 cm³/mol. The van der Waals surface area contributed by atoms with Crippen molar-refractivity contribution >= 4 is 29.1 Å². The lowest BCUT2D eigenvalue weighted by Crippen LogP contribution is -2.12. The van der Waals surface area contributed by atoms with Crippen molar-refractivity contribution in [3.05, 3.63) is 54.1 Å². The second kappa shape index (κ2) is 7.47. The zero-order valence-corrected chi connectivity index (χ0v) is 12.7. The zero-order chi connectivity index (χ0) is 15.9. The fourth-order valence-corrected chi connectivity index (χ4v) is 1.81. The van der Waals surface area contributed by atoms with Crippen LogP contribution < -0.4 is 10.5 Å². The van der Waals surface area contributed by atoms with Crippen LogP contribution in [0.3, 0.4) is 0 Å². The van der Waals surface area contributed by atoms with Gasteiger partial charge >= 0.3 is 5.97 Å². The number of para-hydroxylation sites is 2. The molecule has 0 spiro atoms. The molecule has 0 bridgehead atoms. The van der Waals surface area contributed by atoms with E-state index in [4.69, 9.17) is 22.1 Å². The van der Waals surface area contributed by atoms with Crippen molar-refractivity contribution in [2.45, 2.75) is 0 Å². The van der Waals surface area contributed by atoms with Gasteiger partial charge in [0.1, 0.15) is 17.3 Å². The van der Waals surface area contributed by atoms with Crippen LogP contribution in [0.1, 0.15) is 10.4 Å². The van der Waals surface area contributed by atoms with Crippen LogP contribution in [-0.4, -0.2) is 24.8 Å². The molecule has 5 nitrogen and oxygen atoms in total. The molecule has 0 fully saturated rings. The van der Waals surface area contributed by atoms with Crippen LogP contribution in [0.15, 0.2) is 53.5 Å². The number of amidine groups is 1. The number of esters is 1. The van der Waals surface area contributed by atoms with Crippen molar-refractivity contribution < 1.29 is 14.3 Å². The van der Waals surface area contributed by atoms with Crippen molar-refractivity contribution in [3.8, 4) is 11.5 Å². The van der Waals surface area contributed by atoms with Gasteiger partial charge in [0.2, 0.25) is 0 Å². The molecule has 22 heavy (non-hydrogen) atoms. The Morgan fingerprint density at radius 2 is 2.00 bits per heavy atom. The number of carbonyl (C=O) groups is 1. The maximum Gasteiger partial charge on any atom is 0.337 e. The van der Waals surface area contributed by atoms with E-state index >= 15 is 0 Å². The Bertz CT molecular complexity index is 701. The van der Waals surface area contributed by atoms with Crippen molar-refractivity contribution in [2.24, 2.45) is 10.7 Å². The summed E-state index contributed by atoms with van der Waals surface area (Å²) in [6.45, 7) is 0. The first-order valence-corrected chi connectivity index (χ1v) is 7.01. The summed E-state index contributed by atoms with van der Waals surface area (Å²) in [6.07, 6.45) is 0. The summed E-state index contributed by atoms with van der Waals surface area (Å²) in [4.78, 5) is 15.7. The van der Waals surface area contributed by atoms with E-state index < -0.39 is 5.97 Å². The number of nitrogens with two attached hydrogens (primary N) is 1. The number of halogens is 1. The number of alkyl halides is 1. The first-order valence-electron chi connectivity index (χ1n) is 6.48. The summed E-state index contributed by atoms with van der Waals surface area (Å²) in [5.74, 6) is 1.00. The second-order valence-electron chi connectivity index (χ2n) is 4.33. The van der Waals surface area contributed by atoms with Crippen molar-refractivity contribution in [2.75, 3.05) is 13.0 Å². The Kier molecular flexibility index (Phi) is 5.38. The molecule has 0 radical (unpaired) electrons. The van der Waals surface area contributed by atoms with E-state index in [9.17, 15) is 4.79 Å². The minimum Gasteiger partial charge on any atom is -0.465 e. The molecule has 0 heterocycles. The molecular formula is C16H15ClN2O3. The topological polar surface area (TPSA) is 73.9 Å². The molecule has 2 aromatic rings. The third kappa shape index (κ3) is 3.99. The fourth-order valence-electron chi connectivity index (χ4n) is 1.75. The number of rotatable bonds is 5. The van der Waals surface area contributed by atoms with Crippen LogP contribution in [-0.2, 0) is 4.74 Å². The molecule has 0 aliphatic carbocycles. The Morgan fingerprint density at radius 3 is 2.73 bits per heavy atom. The van der Waals surface area contributed by atoms with Crippen molar-refractivity contribution in [3.63, 3.8) is 0 Å². The van der Waals surface area contributed by atoms with Gasteiger partial charge in [0.15, 0.2) is 5.75 Å². The van der Waals surface area contributed by atoms with Gasteiger partial charge in [-0.15, -0.1) is 11.6 Å². The average Bonchev–Trinajstić information content (AvgIpc) is 2.56. The van der Waals surface area contributed by atoms with Crippen LogP contribution in [0.5, 0.6) is 11.5 Å². The Morgan fingerprint density at radius 1 is 1.23 bits per heavy atom. The summed E-state index contributed by atoms with van der Waals surface area (Å²) in [5, 5.41) is 0. The molecule has 6 heteroatoms. The highest BCUT2D eigenvalue weighted by molar-refractivity contribution is 6.28. The highest BCUT2D eigenvalue weighted by atomic mass is 35.5. The lowest BCUT2D eigenvalue weighted by atomic mass is 10.2. The van der Waals surface area contributed by atoms with Crippen LogP contribution in [0.2, 0.25) is 0 Å². The van der Waals surface area contributed by atoms with Crippen molar-refractivity contribution in [1.29, 1.82) is 0 Å². The monoisotopic (exact) mass is 318 g/mol. The molecule has 2 aromatic carbocycles. The van der Waals surface area contributed by atoms with Gasteiger partial charge in [0.05, 0.1) is 18.6 Å². The summed E-state index contributed by atoms with van der Waals surface area (Å²) in [7, 11) is 1.33. The maximum atomic E-state index is 11.5. The predicted octanol–water partition coefficient (Wildman–Crippen LogP) is 3.49. The van der Waals surface area contributed by atoms with Gasteiger partial charge in [0, 0.05) is 0 Å². The molecule has 0 aliphatic heterocycles. The molecule has 2 rings (SSSR count). The first-order chi connectivity index (χ1) is 10.6. The maximum absolute atomic E-state index is 11.5. The third-order valence-electron chi connectivity index (χ3n) is 2.75. The summed E-state index contributed by atoms with van der Waals surface area (Å²) in [6, 6.07) is 13.8. The van der Waals surface area contributed by atoms with E-state index in [1.807, 2.05) is 12.1 Å². The molecule has 0 amide bonds. The molecule has 0 aromatic heterocycles. The van der Waals surface area contributed by atoms with Gasteiger partial charge < -0.3 is 15.2 Å². The lowest BCUT2D eigenvalue weighted by Gasteiger charge is -2.09. The molecule has 0 saturated heterocycles. The number of carbonyl (C=O) groups excluding carboxylic acids is 1. The molecule has 2 N–H and O–H groups in total. The van der Waals surface area contributed by atoms with Gasteiger partial charge in [-0.3, -0.25) is 0 Å². The molecule has 0 saturated carbocycles. The Labute approximate surface area is 133 Å². The minimum atomic E-state index is -0.428. The van der Waals surface area contributed by atoms with E-state index in [0.717, 1.165) is 0 Å². The molecule has 0 aliphatic rings. The number of benzene rings is 2. The number of hydrogen-bond donors (Lipinski definition) is 1. The van der Waals surface area contributed by atoms with Gasteiger partial charge in [-0.1, -0.05) is 18.2 Å². The highest BCUT2D eigenvalue weighted by Crippen LogP contribution is 2.31. The van der Waals surface area contributed by atoms with E-state index in [0.29, 0.717) is 28.6 Å². The van der Waals surface area contributed by atoms with Gasteiger partial charge in [-0.25, -0.2) is 9.79 Å². The van der Waals surface area contributed by atoms with E-state index in [1.165, 1.54) is 7.11 Å².